The van der Waals surface area contributed by atoms with Gasteiger partial charge in [-0.15, -0.1) is 0 Å². The Morgan fingerprint density at radius 2 is 2.33 bits per heavy atom. The van der Waals surface area contributed by atoms with Crippen molar-refractivity contribution in [2.75, 3.05) is 6.61 Å². The number of aliphatic hydroxyl groups excluding tert-OH is 1. The Bertz CT molecular complexity index is 469. The third-order valence-corrected chi connectivity index (χ3v) is 2.81. The molecule has 0 bridgehead atoms. The number of hydrogen-bond acceptors (Lipinski definition) is 4. The number of rotatable bonds is 6. The highest BCUT2D eigenvalue weighted by Crippen LogP contribution is 2.10. The van der Waals surface area contributed by atoms with E-state index in [4.69, 9.17) is 5.11 Å². The lowest BCUT2D eigenvalue weighted by Gasteiger charge is -2.12. The fourth-order valence-corrected chi connectivity index (χ4v) is 1.74. The first-order valence-corrected chi connectivity index (χ1v) is 6.05. The van der Waals surface area contributed by atoms with E-state index in [1.165, 1.54) is 5.56 Å². The van der Waals surface area contributed by atoms with Crippen LogP contribution in [0.4, 0.5) is 0 Å². The molecule has 5 nitrogen and oxygen atoms in total. The van der Waals surface area contributed by atoms with Crippen LogP contribution in [0.25, 0.3) is 0 Å². The SMILES string of the molecule is CC(NCc1cnn(CCO)c1)c1cccnc1. The Labute approximate surface area is 106 Å². The van der Waals surface area contributed by atoms with Crippen LogP contribution in [0.5, 0.6) is 0 Å². The first kappa shape index (κ1) is 12.7. The molecule has 0 aromatic carbocycles. The van der Waals surface area contributed by atoms with Crippen LogP contribution in [0.2, 0.25) is 0 Å². The van der Waals surface area contributed by atoms with Gasteiger partial charge in [0.05, 0.1) is 19.3 Å². The number of nitrogens with zero attached hydrogens (tertiary/aromatic N) is 3. The zero-order chi connectivity index (χ0) is 12.8. The highest BCUT2D eigenvalue weighted by atomic mass is 16.3. The van der Waals surface area contributed by atoms with Gasteiger partial charge < -0.3 is 10.4 Å². The van der Waals surface area contributed by atoms with Crippen LogP contribution in [0.15, 0.2) is 36.9 Å². The molecule has 0 saturated carbocycles. The Morgan fingerprint density at radius 1 is 1.44 bits per heavy atom. The molecular formula is C13H18N4O. The average molecular weight is 246 g/mol. The first-order chi connectivity index (χ1) is 8.79. The summed E-state index contributed by atoms with van der Waals surface area (Å²) in [5, 5.41) is 16.4. The van der Waals surface area contributed by atoms with Crippen molar-refractivity contribution >= 4 is 0 Å². The summed E-state index contributed by atoms with van der Waals surface area (Å²) >= 11 is 0. The Kier molecular flexibility index (Phi) is 4.44. The molecule has 0 fully saturated rings. The van der Waals surface area contributed by atoms with Gasteiger partial charge in [0.25, 0.3) is 0 Å². The number of pyridine rings is 1. The number of aliphatic hydroxyl groups is 1. The maximum absolute atomic E-state index is 8.81. The summed E-state index contributed by atoms with van der Waals surface area (Å²) in [6.07, 6.45) is 7.40. The van der Waals surface area contributed by atoms with E-state index in [0.29, 0.717) is 6.54 Å². The highest BCUT2D eigenvalue weighted by Gasteiger charge is 2.05. The van der Waals surface area contributed by atoms with Crippen molar-refractivity contribution in [3.63, 3.8) is 0 Å². The molecule has 0 saturated heterocycles. The molecule has 0 aliphatic heterocycles. The molecule has 96 valence electrons. The van der Waals surface area contributed by atoms with Gasteiger partial charge in [-0.25, -0.2) is 0 Å². The van der Waals surface area contributed by atoms with E-state index in [9.17, 15) is 0 Å². The zero-order valence-electron chi connectivity index (χ0n) is 10.5. The van der Waals surface area contributed by atoms with Crippen molar-refractivity contribution in [2.24, 2.45) is 0 Å². The molecule has 18 heavy (non-hydrogen) atoms. The maximum Gasteiger partial charge on any atom is 0.0640 e. The molecule has 2 N–H and O–H groups in total. The molecule has 2 aromatic heterocycles. The lowest BCUT2D eigenvalue weighted by molar-refractivity contribution is 0.269. The maximum atomic E-state index is 8.81. The van der Waals surface area contributed by atoms with Gasteiger partial charge in [-0.3, -0.25) is 9.67 Å². The van der Waals surface area contributed by atoms with Crippen LogP contribution >= 0.6 is 0 Å². The van der Waals surface area contributed by atoms with Crippen molar-refractivity contribution in [2.45, 2.75) is 26.1 Å². The molecule has 0 aliphatic carbocycles. The van der Waals surface area contributed by atoms with Gasteiger partial charge in [0.2, 0.25) is 0 Å². The molecular weight excluding hydrogens is 228 g/mol. The summed E-state index contributed by atoms with van der Waals surface area (Å²) in [4.78, 5) is 4.10. The largest absolute Gasteiger partial charge is 0.394 e. The number of nitrogens with one attached hydrogen (secondary N) is 1. The lowest BCUT2D eigenvalue weighted by atomic mass is 10.1. The topological polar surface area (TPSA) is 63.0 Å². The molecule has 0 amide bonds. The quantitative estimate of drug-likeness (QED) is 0.802. The summed E-state index contributed by atoms with van der Waals surface area (Å²) in [7, 11) is 0. The Morgan fingerprint density at radius 3 is 3.06 bits per heavy atom. The minimum absolute atomic E-state index is 0.112. The van der Waals surface area contributed by atoms with Crippen molar-refractivity contribution < 1.29 is 5.11 Å². The molecule has 5 heteroatoms. The molecule has 0 radical (unpaired) electrons. The average Bonchev–Trinajstić information content (AvgIpc) is 2.85. The molecule has 2 heterocycles. The summed E-state index contributed by atoms with van der Waals surface area (Å²) < 4.78 is 1.74. The molecule has 2 rings (SSSR count). The van der Waals surface area contributed by atoms with Crippen molar-refractivity contribution in [3.05, 3.63) is 48.0 Å². The third-order valence-electron chi connectivity index (χ3n) is 2.81. The lowest BCUT2D eigenvalue weighted by Crippen LogP contribution is -2.17. The molecule has 0 spiro atoms. The van der Waals surface area contributed by atoms with E-state index < -0.39 is 0 Å². The van der Waals surface area contributed by atoms with Crippen LogP contribution < -0.4 is 5.32 Å². The smallest absolute Gasteiger partial charge is 0.0640 e. The van der Waals surface area contributed by atoms with Crippen LogP contribution in [0, 0.1) is 0 Å². The second-order valence-corrected chi connectivity index (χ2v) is 4.22. The van der Waals surface area contributed by atoms with Crippen LogP contribution in [-0.2, 0) is 13.1 Å². The monoisotopic (exact) mass is 246 g/mol. The molecule has 1 unspecified atom stereocenters. The number of hydrogen-bond donors (Lipinski definition) is 2. The van der Waals surface area contributed by atoms with E-state index >= 15 is 0 Å². The number of aromatic nitrogens is 3. The van der Waals surface area contributed by atoms with E-state index in [-0.39, 0.29) is 12.6 Å². The molecule has 2 aromatic rings. The normalized spacial score (nSPS) is 12.6. The van der Waals surface area contributed by atoms with Crippen LogP contribution in [0.1, 0.15) is 24.1 Å². The summed E-state index contributed by atoms with van der Waals surface area (Å²) in [6, 6.07) is 4.24. The van der Waals surface area contributed by atoms with E-state index in [1.54, 1.807) is 10.9 Å². The molecule has 0 aliphatic rings. The van der Waals surface area contributed by atoms with E-state index in [0.717, 1.165) is 12.1 Å². The minimum Gasteiger partial charge on any atom is -0.394 e. The van der Waals surface area contributed by atoms with Gasteiger partial charge in [0.15, 0.2) is 0 Å². The van der Waals surface area contributed by atoms with Crippen LogP contribution in [0.3, 0.4) is 0 Å². The van der Waals surface area contributed by atoms with Gasteiger partial charge in [-0.1, -0.05) is 6.07 Å². The summed E-state index contributed by atoms with van der Waals surface area (Å²) in [6.45, 7) is 3.51. The first-order valence-electron chi connectivity index (χ1n) is 6.05. The standard InChI is InChI=1S/C13H18N4O/c1-11(13-3-2-4-14-9-13)15-7-12-8-16-17(10-12)5-6-18/h2-4,8-11,15,18H,5-7H2,1H3. The van der Waals surface area contributed by atoms with Crippen molar-refractivity contribution in [1.82, 2.24) is 20.1 Å². The van der Waals surface area contributed by atoms with E-state index in [2.05, 4.69) is 28.4 Å². The third kappa shape index (κ3) is 3.38. The van der Waals surface area contributed by atoms with Crippen molar-refractivity contribution in [1.29, 1.82) is 0 Å². The van der Waals surface area contributed by atoms with Gasteiger partial charge in [0.1, 0.15) is 0 Å². The Balaban J connectivity index is 1.87. The fraction of sp³-hybridized carbons (Fsp3) is 0.385. The van der Waals surface area contributed by atoms with Gasteiger partial charge in [-0.2, -0.15) is 5.10 Å². The predicted molar refractivity (Wildman–Crippen MR) is 68.8 cm³/mol. The second kappa shape index (κ2) is 6.28. The zero-order valence-corrected chi connectivity index (χ0v) is 10.5. The molecule has 1 atom stereocenters. The predicted octanol–water partition coefficient (Wildman–Crippen LogP) is 1.12. The summed E-state index contributed by atoms with van der Waals surface area (Å²) in [5.41, 5.74) is 2.28. The fourth-order valence-electron chi connectivity index (χ4n) is 1.74. The minimum atomic E-state index is 0.112. The highest BCUT2D eigenvalue weighted by molar-refractivity contribution is 5.13. The van der Waals surface area contributed by atoms with Gasteiger partial charge in [0, 0.05) is 36.7 Å². The van der Waals surface area contributed by atoms with E-state index in [1.807, 2.05) is 24.7 Å². The summed E-state index contributed by atoms with van der Waals surface area (Å²) in [5.74, 6) is 0. The van der Waals surface area contributed by atoms with Crippen LogP contribution in [-0.4, -0.2) is 26.5 Å². The van der Waals surface area contributed by atoms with Gasteiger partial charge >= 0.3 is 0 Å². The Hall–Kier alpha value is -1.72. The van der Waals surface area contributed by atoms with Crippen molar-refractivity contribution in [3.8, 4) is 0 Å². The second-order valence-electron chi connectivity index (χ2n) is 4.22. The van der Waals surface area contributed by atoms with Gasteiger partial charge in [-0.05, 0) is 18.6 Å².